The highest BCUT2D eigenvalue weighted by Gasteiger charge is 2.63. The van der Waals surface area contributed by atoms with Crippen molar-refractivity contribution < 1.29 is 27.3 Å². The van der Waals surface area contributed by atoms with Crippen molar-refractivity contribution in [3.8, 4) is 0 Å². The van der Waals surface area contributed by atoms with Crippen LogP contribution in [-0.2, 0) is 15.0 Å². The molecule has 1 amide bonds. The van der Waals surface area contributed by atoms with Crippen LogP contribution in [0.2, 0.25) is 10.0 Å². The summed E-state index contributed by atoms with van der Waals surface area (Å²) in [5.74, 6) is -2.92. The first-order valence-electron chi connectivity index (χ1n) is 8.80. The first kappa shape index (κ1) is 23.1. The van der Waals surface area contributed by atoms with Gasteiger partial charge in [-0.05, 0) is 41.8 Å². The number of carbonyl (C=O) groups is 1. The van der Waals surface area contributed by atoms with Gasteiger partial charge in [0.1, 0.15) is 23.7 Å². The molecule has 1 aromatic carbocycles. The summed E-state index contributed by atoms with van der Waals surface area (Å²) in [7, 11) is 1.26. The van der Waals surface area contributed by atoms with Crippen molar-refractivity contribution in [2.75, 3.05) is 7.11 Å². The molecule has 0 bridgehead atoms. The van der Waals surface area contributed by atoms with Crippen molar-refractivity contribution in [2.45, 2.75) is 18.5 Å². The van der Waals surface area contributed by atoms with Gasteiger partial charge in [0.15, 0.2) is 0 Å². The van der Waals surface area contributed by atoms with Crippen molar-refractivity contribution in [3.63, 3.8) is 0 Å². The lowest BCUT2D eigenvalue weighted by molar-refractivity contribution is -0.187. The fourth-order valence-corrected chi connectivity index (χ4v) is 4.14. The van der Waals surface area contributed by atoms with Crippen LogP contribution < -0.4 is 5.48 Å². The van der Waals surface area contributed by atoms with Crippen molar-refractivity contribution in [3.05, 3.63) is 69.6 Å². The molecule has 1 aliphatic carbocycles. The maximum absolute atomic E-state index is 14.8. The van der Waals surface area contributed by atoms with E-state index in [1.54, 1.807) is 6.92 Å². The van der Waals surface area contributed by atoms with E-state index in [9.17, 15) is 18.0 Å². The lowest BCUT2D eigenvalue weighted by Crippen LogP contribution is -2.51. The Morgan fingerprint density at radius 1 is 1.32 bits per heavy atom. The monoisotopic (exact) mass is 473 g/mol. The average molecular weight is 474 g/mol. The number of nitrogens with zero attached hydrogens (tertiary/aromatic N) is 2. The first-order valence-corrected chi connectivity index (χ1v) is 9.56. The highest BCUT2D eigenvalue weighted by atomic mass is 35.5. The zero-order chi connectivity index (χ0) is 22.8. The summed E-state index contributed by atoms with van der Waals surface area (Å²) in [6.07, 6.45) is -0.653. The fourth-order valence-electron chi connectivity index (χ4n) is 3.61. The van der Waals surface area contributed by atoms with Crippen LogP contribution in [0.3, 0.4) is 0 Å². The summed E-state index contributed by atoms with van der Waals surface area (Å²) in [6.45, 7) is 1.57. The number of carbonyl (C=O) groups excluding carboxylic acids is 1. The van der Waals surface area contributed by atoms with Crippen LogP contribution in [0, 0.1) is 5.92 Å². The van der Waals surface area contributed by atoms with Gasteiger partial charge >= 0.3 is 6.18 Å². The van der Waals surface area contributed by atoms with Crippen LogP contribution in [0.25, 0.3) is 5.57 Å². The molecule has 3 rings (SSSR count). The van der Waals surface area contributed by atoms with Gasteiger partial charge in [0.05, 0.1) is 13.0 Å². The van der Waals surface area contributed by atoms with Crippen molar-refractivity contribution in [1.82, 2.24) is 10.6 Å². The van der Waals surface area contributed by atoms with Crippen LogP contribution >= 0.6 is 23.2 Å². The molecular weight excluding hydrogens is 458 g/mol. The molecule has 0 spiro atoms. The largest absolute Gasteiger partial charge is 0.402 e. The summed E-state index contributed by atoms with van der Waals surface area (Å²) in [5, 5.41) is 3.75. The summed E-state index contributed by atoms with van der Waals surface area (Å²) in [6, 6.07) is 4.94. The number of nitrogens with one attached hydrogen (secondary N) is 1. The Morgan fingerprint density at radius 3 is 2.55 bits per heavy atom. The molecule has 0 saturated heterocycles. The molecule has 2 unspecified atom stereocenters. The number of allylic oxidation sites excluding steroid dienone is 3. The van der Waals surface area contributed by atoms with E-state index >= 15 is 0 Å². The van der Waals surface area contributed by atoms with Crippen molar-refractivity contribution in [1.29, 1.82) is 0 Å². The van der Waals surface area contributed by atoms with Gasteiger partial charge in [0.25, 0.3) is 5.91 Å². The molecule has 31 heavy (non-hydrogen) atoms. The zero-order valence-corrected chi connectivity index (χ0v) is 17.7. The number of aromatic nitrogens is 1. The Balaban J connectivity index is 2.34. The SMILES string of the molecule is CONC=NC(=O)C1C(c2ccon2)=C(C)C=CC1(c1cc(Cl)cc(Cl)c1)C(F)(F)F. The zero-order valence-electron chi connectivity index (χ0n) is 16.2. The number of benzene rings is 1. The van der Waals surface area contributed by atoms with Gasteiger partial charge in [0, 0.05) is 16.1 Å². The minimum Gasteiger partial charge on any atom is -0.364 e. The Hall–Kier alpha value is -2.62. The van der Waals surface area contributed by atoms with Crippen LogP contribution in [0.5, 0.6) is 0 Å². The molecule has 0 saturated carbocycles. The smallest absolute Gasteiger partial charge is 0.364 e. The third-order valence-electron chi connectivity index (χ3n) is 4.90. The molecule has 1 heterocycles. The molecule has 0 radical (unpaired) electrons. The van der Waals surface area contributed by atoms with Gasteiger partial charge in [-0.3, -0.25) is 15.1 Å². The topological polar surface area (TPSA) is 76.7 Å². The van der Waals surface area contributed by atoms with Gasteiger partial charge < -0.3 is 4.52 Å². The standard InChI is InChI=1S/C20H16Cl2F3N3O3/c1-11-3-5-19(20(23,24)25,12-7-13(21)9-14(22)8-12)17(18(29)26-10-27-30-2)16(11)15-4-6-31-28-15/h3-10,17H,1-2H3,(H,26,27,29). The summed E-state index contributed by atoms with van der Waals surface area (Å²) in [4.78, 5) is 21.3. The summed E-state index contributed by atoms with van der Waals surface area (Å²) < 4.78 is 49.3. The van der Waals surface area contributed by atoms with Crippen molar-refractivity contribution in [2.24, 2.45) is 10.9 Å². The number of amides is 1. The second-order valence-electron chi connectivity index (χ2n) is 6.69. The Bertz CT molecular complexity index is 1050. The minimum atomic E-state index is -4.93. The molecule has 0 fully saturated rings. The molecule has 1 N–H and O–H groups in total. The summed E-state index contributed by atoms with van der Waals surface area (Å²) in [5.41, 5.74) is -0.437. The summed E-state index contributed by atoms with van der Waals surface area (Å²) >= 11 is 12.0. The van der Waals surface area contributed by atoms with E-state index in [0.29, 0.717) is 5.57 Å². The minimum absolute atomic E-state index is 0.00969. The highest BCUT2D eigenvalue weighted by molar-refractivity contribution is 6.34. The third kappa shape index (κ3) is 4.26. The number of hydroxylamine groups is 1. The quantitative estimate of drug-likeness (QED) is 0.369. The van der Waals surface area contributed by atoms with E-state index in [4.69, 9.17) is 27.7 Å². The van der Waals surface area contributed by atoms with Gasteiger partial charge in [-0.25, -0.2) is 4.99 Å². The molecule has 2 aromatic rings. The predicted molar refractivity (Wildman–Crippen MR) is 110 cm³/mol. The third-order valence-corrected chi connectivity index (χ3v) is 5.33. The average Bonchev–Trinajstić information content (AvgIpc) is 3.20. The van der Waals surface area contributed by atoms with Crippen LogP contribution in [0.4, 0.5) is 13.2 Å². The number of hydrogen-bond acceptors (Lipinski definition) is 4. The van der Waals surface area contributed by atoms with E-state index in [0.717, 1.165) is 24.5 Å². The maximum Gasteiger partial charge on any atom is 0.402 e. The molecule has 0 aliphatic heterocycles. The number of alkyl halides is 3. The molecule has 1 aliphatic rings. The van der Waals surface area contributed by atoms with E-state index in [-0.39, 0.29) is 26.9 Å². The van der Waals surface area contributed by atoms with Gasteiger partial charge in [-0.15, -0.1) is 0 Å². The molecule has 6 nitrogen and oxygen atoms in total. The number of halogens is 5. The normalized spacial score (nSPS) is 21.7. The highest BCUT2D eigenvalue weighted by Crippen LogP contribution is 2.55. The second kappa shape index (κ2) is 8.86. The molecule has 2 atom stereocenters. The molecule has 1 aromatic heterocycles. The number of rotatable bonds is 5. The van der Waals surface area contributed by atoms with E-state index in [2.05, 4.69) is 20.5 Å². The van der Waals surface area contributed by atoms with Gasteiger partial charge in [-0.2, -0.15) is 13.2 Å². The number of hydrogen-bond donors (Lipinski definition) is 1. The van der Waals surface area contributed by atoms with E-state index in [1.807, 2.05) is 0 Å². The number of aliphatic imine (C=N–C) groups is 1. The lowest BCUT2D eigenvalue weighted by Gasteiger charge is -2.42. The van der Waals surface area contributed by atoms with Crippen molar-refractivity contribution >= 4 is 41.0 Å². The Labute approximate surface area is 185 Å². The van der Waals surface area contributed by atoms with Gasteiger partial charge in [-0.1, -0.05) is 40.5 Å². The van der Waals surface area contributed by atoms with Crippen LogP contribution in [-0.4, -0.2) is 30.7 Å². The predicted octanol–water partition coefficient (Wildman–Crippen LogP) is 5.15. The Morgan fingerprint density at radius 2 is 2.00 bits per heavy atom. The Kier molecular flexibility index (Phi) is 6.59. The molecule has 11 heteroatoms. The fraction of sp³-hybridized carbons (Fsp3) is 0.250. The second-order valence-corrected chi connectivity index (χ2v) is 7.56. The van der Waals surface area contributed by atoms with E-state index < -0.39 is 23.4 Å². The maximum atomic E-state index is 14.8. The first-order chi connectivity index (χ1) is 14.6. The lowest BCUT2D eigenvalue weighted by atomic mass is 9.62. The molecule has 164 valence electrons. The van der Waals surface area contributed by atoms with Crippen LogP contribution in [0.1, 0.15) is 18.2 Å². The van der Waals surface area contributed by atoms with Gasteiger partial charge in [0.2, 0.25) is 0 Å². The van der Waals surface area contributed by atoms with Crippen LogP contribution in [0.15, 0.2) is 57.8 Å². The van der Waals surface area contributed by atoms with E-state index in [1.165, 1.54) is 31.6 Å². The molecular formula is C20H16Cl2F3N3O3.